The molecule has 2 aliphatic heterocycles. The summed E-state index contributed by atoms with van der Waals surface area (Å²) in [4.78, 5) is 17.7. The summed E-state index contributed by atoms with van der Waals surface area (Å²) in [5, 5.41) is -0.0357. The molecule has 0 N–H and O–H groups in total. The summed E-state index contributed by atoms with van der Waals surface area (Å²) in [6.07, 6.45) is -2.97. The van der Waals surface area contributed by atoms with Crippen molar-refractivity contribution in [2.24, 2.45) is 10.9 Å². The lowest BCUT2D eigenvalue weighted by molar-refractivity contribution is -0.137. The average molecular weight is 404 g/mol. The number of sulfone groups is 1. The Morgan fingerprint density at radius 2 is 1.96 bits per heavy atom. The van der Waals surface area contributed by atoms with Crippen LogP contribution >= 0.6 is 11.8 Å². The molecule has 5 nitrogen and oxygen atoms in total. The van der Waals surface area contributed by atoms with Crippen molar-refractivity contribution in [3.05, 3.63) is 29.8 Å². The van der Waals surface area contributed by atoms with E-state index < -0.39 is 27.6 Å². The standard InChI is InChI=1S/C16H15F3N2O3S2/c17-16(18,19)10-2-1-3-11(6-10)21-12-7-26(23,24)8-13(12)25-15(21)20-14(22)9-4-5-9/h1-3,6,9,12-13H,4-5,7-8H2/t12-,13+/m0/s1. The van der Waals surface area contributed by atoms with Crippen molar-refractivity contribution in [2.75, 3.05) is 16.4 Å². The predicted octanol–water partition coefficient (Wildman–Crippen LogP) is 2.72. The second-order valence-corrected chi connectivity index (χ2v) is 10.1. The van der Waals surface area contributed by atoms with E-state index in [1.54, 1.807) is 0 Å². The molecule has 2 saturated heterocycles. The minimum Gasteiger partial charge on any atom is -0.316 e. The van der Waals surface area contributed by atoms with E-state index in [0.29, 0.717) is 5.17 Å². The molecule has 0 bridgehead atoms. The van der Waals surface area contributed by atoms with E-state index in [1.807, 2.05) is 0 Å². The number of thioether (sulfide) groups is 1. The molecule has 2 atom stereocenters. The maximum atomic E-state index is 13.1. The molecule has 3 aliphatic rings. The second kappa shape index (κ2) is 5.98. The smallest absolute Gasteiger partial charge is 0.316 e. The molecule has 0 aromatic heterocycles. The normalized spacial score (nSPS) is 29.2. The molecule has 10 heteroatoms. The Morgan fingerprint density at radius 1 is 1.23 bits per heavy atom. The van der Waals surface area contributed by atoms with Crippen molar-refractivity contribution in [1.82, 2.24) is 0 Å². The average Bonchev–Trinajstić information content (AvgIpc) is 3.27. The Bertz CT molecular complexity index is 894. The first-order valence-corrected chi connectivity index (χ1v) is 10.8. The van der Waals surface area contributed by atoms with Gasteiger partial charge in [-0.05, 0) is 31.0 Å². The van der Waals surface area contributed by atoms with Gasteiger partial charge in [-0.3, -0.25) is 4.79 Å². The summed E-state index contributed by atoms with van der Waals surface area (Å²) in [6, 6.07) is 4.19. The Balaban J connectivity index is 1.74. The van der Waals surface area contributed by atoms with E-state index in [0.717, 1.165) is 25.0 Å². The molecule has 1 aliphatic carbocycles. The molecule has 1 aromatic carbocycles. The number of carbonyl (C=O) groups excluding carboxylic acids is 1. The largest absolute Gasteiger partial charge is 0.416 e. The predicted molar refractivity (Wildman–Crippen MR) is 92.9 cm³/mol. The molecule has 26 heavy (non-hydrogen) atoms. The minimum atomic E-state index is -4.51. The van der Waals surface area contributed by atoms with Gasteiger partial charge in [-0.2, -0.15) is 18.2 Å². The summed E-state index contributed by atoms with van der Waals surface area (Å²) >= 11 is 1.17. The van der Waals surface area contributed by atoms with Crippen molar-refractivity contribution < 1.29 is 26.4 Å². The van der Waals surface area contributed by atoms with Crippen molar-refractivity contribution in [3.63, 3.8) is 0 Å². The van der Waals surface area contributed by atoms with Gasteiger partial charge in [0.05, 0.1) is 23.1 Å². The molecule has 1 aromatic rings. The number of benzene rings is 1. The number of hydrogen-bond donors (Lipinski definition) is 0. The van der Waals surface area contributed by atoms with E-state index in [2.05, 4.69) is 4.99 Å². The summed E-state index contributed by atoms with van der Waals surface area (Å²) in [6.45, 7) is 0. The second-order valence-electron chi connectivity index (χ2n) is 6.73. The number of rotatable bonds is 2. The van der Waals surface area contributed by atoms with Gasteiger partial charge in [0.25, 0.3) is 5.91 Å². The maximum absolute atomic E-state index is 13.1. The summed E-state index contributed by atoms with van der Waals surface area (Å²) in [5.74, 6) is -0.616. The van der Waals surface area contributed by atoms with Crippen LogP contribution in [-0.2, 0) is 20.8 Å². The lowest BCUT2D eigenvalue weighted by Gasteiger charge is -2.25. The van der Waals surface area contributed by atoms with E-state index >= 15 is 0 Å². The highest BCUT2D eigenvalue weighted by atomic mass is 32.2. The molecule has 140 valence electrons. The highest BCUT2D eigenvalue weighted by Crippen LogP contribution is 2.43. The topological polar surface area (TPSA) is 66.8 Å². The van der Waals surface area contributed by atoms with Crippen LogP contribution in [0.25, 0.3) is 0 Å². The van der Waals surface area contributed by atoms with E-state index in [1.165, 1.54) is 28.8 Å². The van der Waals surface area contributed by atoms with Gasteiger partial charge in [0.15, 0.2) is 15.0 Å². The van der Waals surface area contributed by atoms with Crippen LogP contribution in [-0.4, -0.2) is 42.3 Å². The van der Waals surface area contributed by atoms with Crippen LogP contribution < -0.4 is 4.90 Å². The molecule has 1 amide bonds. The molecular weight excluding hydrogens is 389 g/mol. The number of nitrogens with zero attached hydrogens (tertiary/aromatic N) is 2. The number of aliphatic imine (C=N–C) groups is 1. The summed E-state index contributed by atoms with van der Waals surface area (Å²) < 4.78 is 63.1. The summed E-state index contributed by atoms with van der Waals surface area (Å²) in [7, 11) is -3.27. The first kappa shape index (κ1) is 17.8. The van der Waals surface area contributed by atoms with Gasteiger partial charge in [-0.1, -0.05) is 17.8 Å². The van der Waals surface area contributed by atoms with Gasteiger partial charge in [-0.25, -0.2) is 8.42 Å². The number of hydrogen-bond acceptors (Lipinski definition) is 4. The van der Waals surface area contributed by atoms with Crippen molar-refractivity contribution in [3.8, 4) is 0 Å². The van der Waals surface area contributed by atoms with E-state index in [4.69, 9.17) is 0 Å². The molecule has 0 unspecified atom stereocenters. The van der Waals surface area contributed by atoms with E-state index in [9.17, 15) is 26.4 Å². The highest BCUT2D eigenvalue weighted by Gasteiger charge is 2.50. The molecule has 2 heterocycles. The van der Waals surface area contributed by atoms with Crippen LogP contribution in [0.4, 0.5) is 18.9 Å². The van der Waals surface area contributed by atoms with Gasteiger partial charge in [0.2, 0.25) is 0 Å². The van der Waals surface area contributed by atoms with Crippen LogP contribution in [0, 0.1) is 5.92 Å². The van der Waals surface area contributed by atoms with Gasteiger partial charge >= 0.3 is 6.18 Å². The monoisotopic (exact) mass is 404 g/mol. The van der Waals surface area contributed by atoms with E-state index in [-0.39, 0.29) is 34.3 Å². The van der Waals surface area contributed by atoms with Crippen molar-refractivity contribution in [2.45, 2.75) is 30.3 Å². The fourth-order valence-electron chi connectivity index (χ4n) is 3.21. The fourth-order valence-corrected chi connectivity index (χ4v) is 7.13. The molecule has 0 spiro atoms. The third-order valence-corrected chi connectivity index (χ3v) is 7.86. The zero-order valence-electron chi connectivity index (χ0n) is 13.4. The summed E-state index contributed by atoms with van der Waals surface area (Å²) in [5.41, 5.74) is -0.614. The molecule has 0 radical (unpaired) electrons. The zero-order valence-corrected chi connectivity index (χ0v) is 15.1. The molecule has 4 rings (SSSR count). The van der Waals surface area contributed by atoms with Gasteiger partial charge < -0.3 is 4.90 Å². The number of carbonyl (C=O) groups is 1. The minimum absolute atomic E-state index is 0.0611. The number of amides is 1. The fraction of sp³-hybridized carbons (Fsp3) is 0.500. The van der Waals surface area contributed by atoms with Gasteiger partial charge in [-0.15, -0.1) is 0 Å². The maximum Gasteiger partial charge on any atom is 0.416 e. The van der Waals surface area contributed by atoms with Crippen molar-refractivity contribution in [1.29, 1.82) is 0 Å². The Hall–Kier alpha value is -1.55. The third kappa shape index (κ3) is 3.36. The first-order chi connectivity index (χ1) is 12.1. The van der Waals surface area contributed by atoms with Crippen LogP contribution in [0.5, 0.6) is 0 Å². The lowest BCUT2D eigenvalue weighted by Crippen LogP contribution is -2.37. The van der Waals surface area contributed by atoms with Crippen LogP contribution in [0.1, 0.15) is 18.4 Å². The SMILES string of the molecule is O=C(N=C1S[C@@H]2CS(=O)(=O)C[C@@H]2N1c1cccc(C(F)(F)F)c1)C1CC1. The third-order valence-electron chi connectivity index (χ3n) is 4.65. The molecular formula is C16H15F3N2O3S2. The zero-order chi connectivity index (χ0) is 18.7. The lowest BCUT2D eigenvalue weighted by atomic mass is 10.1. The van der Waals surface area contributed by atoms with Gasteiger partial charge in [0.1, 0.15) is 0 Å². The van der Waals surface area contributed by atoms with Crippen LogP contribution in [0.2, 0.25) is 0 Å². The number of fused-ring (bicyclic) bond motifs is 1. The van der Waals surface area contributed by atoms with Gasteiger partial charge in [0, 0.05) is 16.9 Å². The Morgan fingerprint density at radius 3 is 2.62 bits per heavy atom. The Kier molecular flexibility index (Phi) is 4.11. The van der Waals surface area contributed by atoms with Crippen molar-refractivity contribution >= 4 is 38.4 Å². The van der Waals surface area contributed by atoms with Crippen LogP contribution in [0.15, 0.2) is 29.3 Å². The highest BCUT2D eigenvalue weighted by molar-refractivity contribution is 8.16. The number of anilines is 1. The number of amidine groups is 1. The first-order valence-electron chi connectivity index (χ1n) is 8.10. The number of halogens is 3. The quantitative estimate of drug-likeness (QED) is 0.758. The molecule has 1 saturated carbocycles. The molecule has 3 fully saturated rings. The Labute approximate surface area is 152 Å². The van der Waals surface area contributed by atoms with Crippen LogP contribution in [0.3, 0.4) is 0 Å². The number of alkyl halides is 3.